The van der Waals surface area contributed by atoms with Crippen molar-refractivity contribution >= 4 is 21.6 Å². The maximum absolute atomic E-state index is 11.3. The highest BCUT2D eigenvalue weighted by molar-refractivity contribution is 7.99. The topological polar surface area (TPSA) is 54.4 Å². The molecule has 0 bridgehead atoms. The number of aliphatic hydroxyl groups excluding tert-OH is 1. The predicted octanol–water partition coefficient (Wildman–Crippen LogP) is 2.51. The Hall–Kier alpha value is -0.520. The van der Waals surface area contributed by atoms with Crippen LogP contribution in [0.3, 0.4) is 0 Å². The Morgan fingerprint density at radius 2 is 1.78 bits per heavy atom. The van der Waals surface area contributed by atoms with Crippen LogP contribution in [0.5, 0.6) is 0 Å². The number of hydrogen-bond donors (Lipinski definition) is 1. The summed E-state index contributed by atoms with van der Waals surface area (Å²) >= 11 is 1.77. The average molecular weight is 288 g/mol. The number of aliphatic hydroxyl groups is 1. The molecule has 0 heterocycles. The van der Waals surface area contributed by atoms with Gasteiger partial charge in [0, 0.05) is 18.1 Å². The van der Waals surface area contributed by atoms with E-state index in [2.05, 4.69) is 6.92 Å². The highest BCUT2D eigenvalue weighted by atomic mass is 32.2. The molecule has 1 rings (SSSR count). The van der Waals surface area contributed by atoms with Gasteiger partial charge < -0.3 is 5.11 Å². The second-order valence-corrected chi connectivity index (χ2v) is 7.99. The second kappa shape index (κ2) is 6.59. The molecule has 1 aromatic rings. The molecule has 0 radical (unpaired) electrons. The third kappa shape index (κ3) is 4.63. The number of benzene rings is 1. The van der Waals surface area contributed by atoms with Crippen LogP contribution in [0.15, 0.2) is 29.2 Å². The first-order chi connectivity index (χ1) is 8.34. The van der Waals surface area contributed by atoms with Gasteiger partial charge in [-0.15, -0.1) is 0 Å². The van der Waals surface area contributed by atoms with E-state index in [0.29, 0.717) is 10.1 Å². The van der Waals surface area contributed by atoms with Gasteiger partial charge in [-0.3, -0.25) is 0 Å². The van der Waals surface area contributed by atoms with Crippen LogP contribution < -0.4 is 0 Å². The normalized spacial score (nSPS) is 15.3. The first-order valence-electron chi connectivity index (χ1n) is 5.87. The van der Waals surface area contributed by atoms with Gasteiger partial charge >= 0.3 is 0 Å². The SMILES string of the molecule is C[C@H](CO)CS[C@H](C)c1ccc(S(C)(=O)=O)cc1. The van der Waals surface area contributed by atoms with Crippen LogP contribution in [0.1, 0.15) is 24.7 Å². The van der Waals surface area contributed by atoms with Crippen molar-refractivity contribution in [2.45, 2.75) is 24.0 Å². The summed E-state index contributed by atoms with van der Waals surface area (Å²) in [6.45, 7) is 4.30. The summed E-state index contributed by atoms with van der Waals surface area (Å²) in [6.07, 6.45) is 1.21. The standard InChI is InChI=1S/C13H20O3S2/c1-10(8-14)9-17-11(2)12-4-6-13(7-5-12)18(3,15)16/h4-7,10-11,14H,8-9H2,1-3H3/t10-,11-/m1/s1. The zero-order chi connectivity index (χ0) is 13.8. The van der Waals surface area contributed by atoms with Gasteiger partial charge in [0.25, 0.3) is 0 Å². The molecule has 0 saturated heterocycles. The molecule has 18 heavy (non-hydrogen) atoms. The lowest BCUT2D eigenvalue weighted by atomic mass is 10.2. The first kappa shape index (κ1) is 15.5. The smallest absolute Gasteiger partial charge is 0.175 e. The fourth-order valence-electron chi connectivity index (χ4n) is 1.44. The van der Waals surface area contributed by atoms with E-state index in [1.807, 2.05) is 19.1 Å². The van der Waals surface area contributed by atoms with Crippen molar-refractivity contribution in [1.29, 1.82) is 0 Å². The van der Waals surface area contributed by atoms with Crippen LogP contribution in [0.4, 0.5) is 0 Å². The van der Waals surface area contributed by atoms with Crippen molar-refractivity contribution in [2.75, 3.05) is 18.6 Å². The summed E-state index contributed by atoms with van der Waals surface area (Å²) in [6, 6.07) is 7.02. The molecule has 0 amide bonds. The second-order valence-electron chi connectivity index (χ2n) is 4.60. The van der Waals surface area contributed by atoms with Crippen LogP contribution >= 0.6 is 11.8 Å². The summed E-state index contributed by atoms with van der Waals surface area (Å²) in [5.74, 6) is 1.18. The highest BCUT2D eigenvalue weighted by Crippen LogP contribution is 2.30. The van der Waals surface area contributed by atoms with E-state index < -0.39 is 9.84 Å². The van der Waals surface area contributed by atoms with Crippen molar-refractivity contribution in [1.82, 2.24) is 0 Å². The predicted molar refractivity (Wildman–Crippen MR) is 76.7 cm³/mol. The molecule has 0 fully saturated rings. The molecule has 1 N–H and O–H groups in total. The molecule has 1 aromatic carbocycles. The van der Waals surface area contributed by atoms with Crippen molar-refractivity contribution in [3.8, 4) is 0 Å². The number of thioether (sulfide) groups is 1. The lowest BCUT2D eigenvalue weighted by molar-refractivity contribution is 0.250. The Kier molecular flexibility index (Phi) is 5.69. The van der Waals surface area contributed by atoms with Crippen molar-refractivity contribution in [3.05, 3.63) is 29.8 Å². The van der Waals surface area contributed by atoms with Gasteiger partial charge in [-0.05, 0) is 36.3 Å². The van der Waals surface area contributed by atoms with Gasteiger partial charge in [-0.1, -0.05) is 19.1 Å². The Balaban J connectivity index is 2.68. The summed E-state index contributed by atoms with van der Waals surface area (Å²) < 4.78 is 22.7. The van der Waals surface area contributed by atoms with E-state index in [-0.39, 0.29) is 12.5 Å². The molecule has 2 atom stereocenters. The molecular weight excluding hydrogens is 268 g/mol. The van der Waals surface area contributed by atoms with Gasteiger partial charge in [0.15, 0.2) is 9.84 Å². The number of rotatable bonds is 6. The van der Waals surface area contributed by atoms with Gasteiger partial charge in [-0.25, -0.2) is 8.42 Å². The number of hydrogen-bond acceptors (Lipinski definition) is 4. The van der Waals surface area contributed by atoms with E-state index in [1.165, 1.54) is 6.26 Å². The first-order valence-corrected chi connectivity index (χ1v) is 8.81. The molecule has 0 aromatic heterocycles. The van der Waals surface area contributed by atoms with Crippen LogP contribution in [-0.4, -0.2) is 32.1 Å². The van der Waals surface area contributed by atoms with Gasteiger partial charge in [0.1, 0.15) is 0 Å². The lowest BCUT2D eigenvalue weighted by Crippen LogP contribution is -2.05. The molecular formula is C13H20O3S2. The third-order valence-electron chi connectivity index (χ3n) is 2.72. The molecule has 5 heteroatoms. The lowest BCUT2D eigenvalue weighted by Gasteiger charge is -2.14. The quantitative estimate of drug-likeness (QED) is 0.874. The Labute approximate surface area is 114 Å². The van der Waals surface area contributed by atoms with Crippen LogP contribution in [0.2, 0.25) is 0 Å². The summed E-state index contributed by atoms with van der Waals surface area (Å²) in [5.41, 5.74) is 1.11. The highest BCUT2D eigenvalue weighted by Gasteiger charge is 2.11. The fraction of sp³-hybridized carbons (Fsp3) is 0.538. The largest absolute Gasteiger partial charge is 0.396 e. The molecule has 0 aliphatic carbocycles. The molecule has 0 saturated carbocycles. The monoisotopic (exact) mass is 288 g/mol. The van der Waals surface area contributed by atoms with E-state index >= 15 is 0 Å². The summed E-state index contributed by atoms with van der Waals surface area (Å²) in [7, 11) is -3.11. The van der Waals surface area contributed by atoms with E-state index in [4.69, 9.17) is 5.11 Å². The zero-order valence-corrected chi connectivity index (χ0v) is 12.6. The fourth-order valence-corrected chi connectivity index (χ4v) is 3.15. The minimum absolute atomic E-state index is 0.201. The molecule has 3 nitrogen and oxygen atoms in total. The zero-order valence-electron chi connectivity index (χ0n) is 11.0. The van der Waals surface area contributed by atoms with Crippen molar-refractivity contribution < 1.29 is 13.5 Å². The van der Waals surface area contributed by atoms with E-state index in [0.717, 1.165) is 11.3 Å². The summed E-state index contributed by atoms with van der Waals surface area (Å²) in [4.78, 5) is 0.354. The molecule has 0 aliphatic heterocycles. The average Bonchev–Trinajstić information content (AvgIpc) is 2.34. The molecule has 0 aliphatic rings. The third-order valence-corrected chi connectivity index (χ3v) is 5.38. The minimum atomic E-state index is -3.11. The van der Waals surface area contributed by atoms with Crippen LogP contribution in [0.25, 0.3) is 0 Å². The Morgan fingerprint density at radius 1 is 1.22 bits per heavy atom. The van der Waals surface area contributed by atoms with Crippen LogP contribution in [0, 0.1) is 5.92 Å². The maximum atomic E-state index is 11.3. The molecule has 102 valence electrons. The van der Waals surface area contributed by atoms with E-state index in [1.54, 1.807) is 23.9 Å². The number of sulfone groups is 1. The van der Waals surface area contributed by atoms with Gasteiger partial charge in [0.2, 0.25) is 0 Å². The van der Waals surface area contributed by atoms with Gasteiger partial charge in [0.05, 0.1) is 4.90 Å². The van der Waals surface area contributed by atoms with Crippen molar-refractivity contribution in [3.63, 3.8) is 0 Å². The minimum Gasteiger partial charge on any atom is -0.396 e. The van der Waals surface area contributed by atoms with Gasteiger partial charge in [-0.2, -0.15) is 11.8 Å². The Morgan fingerprint density at radius 3 is 2.22 bits per heavy atom. The van der Waals surface area contributed by atoms with Crippen LogP contribution in [-0.2, 0) is 9.84 Å². The molecule has 0 unspecified atom stereocenters. The Bertz CT molecular complexity index is 466. The van der Waals surface area contributed by atoms with E-state index in [9.17, 15) is 8.42 Å². The summed E-state index contributed by atoms with van der Waals surface area (Å²) in [5, 5.41) is 9.26. The van der Waals surface area contributed by atoms with Crippen molar-refractivity contribution in [2.24, 2.45) is 5.92 Å². The molecule has 0 spiro atoms. The maximum Gasteiger partial charge on any atom is 0.175 e.